The van der Waals surface area contributed by atoms with E-state index in [-0.39, 0.29) is 18.1 Å². The number of nitrogens with one attached hydrogen (secondary N) is 1. The van der Waals surface area contributed by atoms with Crippen LogP contribution in [-0.4, -0.2) is 38.5 Å². The van der Waals surface area contributed by atoms with E-state index in [1.165, 1.54) is 11.8 Å². The number of amides is 1. The average Bonchev–Trinajstić information content (AvgIpc) is 2.97. The zero-order chi connectivity index (χ0) is 15.6. The fraction of sp³-hybridized carbons (Fsp3) is 0.385. The van der Waals surface area contributed by atoms with Crippen LogP contribution in [-0.2, 0) is 23.1 Å². The van der Waals surface area contributed by atoms with Gasteiger partial charge in [0, 0.05) is 18.9 Å². The molecule has 0 radical (unpaired) electrons. The van der Waals surface area contributed by atoms with Gasteiger partial charge in [-0.15, -0.1) is 0 Å². The highest BCUT2D eigenvalue weighted by Crippen LogP contribution is 2.20. The molecule has 0 aliphatic heterocycles. The molecule has 21 heavy (non-hydrogen) atoms. The molecule has 2 aromatic heterocycles. The zero-order valence-electron chi connectivity index (χ0n) is 12.4. The summed E-state index contributed by atoms with van der Waals surface area (Å²) < 4.78 is 7.75. The molecule has 0 aliphatic carbocycles. The van der Waals surface area contributed by atoms with Crippen molar-refractivity contribution in [1.29, 1.82) is 0 Å². The lowest BCUT2D eigenvalue weighted by Crippen LogP contribution is -2.21. The van der Waals surface area contributed by atoms with Crippen LogP contribution in [0.2, 0.25) is 0 Å². The Labute approximate surface area is 121 Å². The highest BCUT2D eigenvalue weighted by molar-refractivity contribution is 6.00. The number of hydrogen-bond acceptors (Lipinski definition) is 5. The summed E-state index contributed by atoms with van der Waals surface area (Å²) in [6, 6.07) is 1.81. The first kappa shape index (κ1) is 14.8. The second-order valence-corrected chi connectivity index (χ2v) is 4.60. The summed E-state index contributed by atoms with van der Waals surface area (Å²) >= 11 is 0. The van der Waals surface area contributed by atoms with E-state index in [0.717, 1.165) is 5.69 Å². The van der Waals surface area contributed by atoms with Gasteiger partial charge in [0.05, 0.1) is 18.5 Å². The van der Waals surface area contributed by atoms with Gasteiger partial charge < -0.3 is 10.1 Å². The number of esters is 1. The Morgan fingerprint density at radius 3 is 2.67 bits per heavy atom. The van der Waals surface area contributed by atoms with E-state index < -0.39 is 5.97 Å². The maximum atomic E-state index is 12.1. The lowest BCUT2D eigenvalue weighted by Gasteiger charge is -2.07. The maximum Gasteiger partial charge on any atom is 0.360 e. The van der Waals surface area contributed by atoms with E-state index in [0.29, 0.717) is 11.4 Å². The number of ether oxygens (including phenoxy) is 1. The zero-order valence-corrected chi connectivity index (χ0v) is 12.4. The minimum absolute atomic E-state index is 0.0633. The van der Waals surface area contributed by atoms with Crippen LogP contribution >= 0.6 is 0 Å². The molecule has 1 amide bonds. The van der Waals surface area contributed by atoms with Gasteiger partial charge in [-0.25, -0.2) is 4.79 Å². The largest absolute Gasteiger partial charge is 0.464 e. The molecule has 8 heteroatoms. The van der Waals surface area contributed by atoms with Crippen LogP contribution in [0, 0.1) is 13.8 Å². The van der Waals surface area contributed by atoms with Gasteiger partial charge in [0.2, 0.25) is 5.91 Å². The molecule has 2 heterocycles. The number of carbonyl (C=O) groups is 2. The number of carbonyl (C=O) groups excluding carboxylic acids is 2. The normalized spacial score (nSPS) is 10.5. The lowest BCUT2D eigenvalue weighted by atomic mass is 10.3. The van der Waals surface area contributed by atoms with Gasteiger partial charge in [-0.05, 0) is 19.9 Å². The van der Waals surface area contributed by atoms with E-state index in [1.807, 2.05) is 13.0 Å². The van der Waals surface area contributed by atoms with E-state index in [9.17, 15) is 9.59 Å². The van der Waals surface area contributed by atoms with Gasteiger partial charge in [-0.2, -0.15) is 10.2 Å². The Kier molecular flexibility index (Phi) is 4.06. The van der Waals surface area contributed by atoms with Gasteiger partial charge >= 0.3 is 5.97 Å². The van der Waals surface area contributed by atoms with Crippen LogP contribution in [0.5, 0.6) is 0 Å². The Morgan fingerprint density at radius 1 is 1.38 bits per heavy atom. The molecule has 2 rings (SSSR count). The molecular formula is C13H17N5O3. The SMILES string of the molecule is COC(=O)c1nn(C)c(C)c1NC(=O)Cn1nccc1C. The van der Waals surface area contributed by atoms with Crippen molar-refractivity contribution in [3.05, 3.63) is 29.3 Å². The molecule has 8 nitrogen and oxygen atoms in total. The Hall–Kier alpha value is -2.64. The van der Waals surface area contributed by atoms with Crippen molar-refractivity contribution in [2.24, 2.45) is 7.05 Å². The third kappa shape index (κ3) is 2.93. The summed E-state index contributed by atoms with van der Waals surface area (Å²) in [4.78, 5) is 23.8. The highest BCUT2D eigenvalue weighted by atomic mass is 16.5. The van der Waals surface area contributed by atoms with Crippen molar-refractivity contribution >= 4 is 17.6 Å². The Balaban J connectivity index is 2.21. The van der Waals surface area contributed by atoms with Crippen LogP contribution < -0.4 is 5.32 Å². The standard InChI is InChI=1S/C13H17N5O3/c1-8-5-6-14-18(8)7-10(19)15-11-9(2)17(3)16-12(11)13(20)21-4/h5-6H,7H2,1-4H3,(H,15,19). The molecule has 0 aromatic carbocycles. The molecule has 0 fully saturated rings. The van der Waals surface area contributed by atoms with Crippen LogP contribution in [0.15, 0.2) is 12.3 Å². The second-order valence-electron chi connectivity index (χ2n) is 4.60. The summed E-state index contributed by atoms with van der Waals surface area (Å²) in [6.07, 6.45) is 1.62. The number of aromatic nitrogens is 4. The molecule has 0 saturated heterocycles. The van der Waals surface area contributed by atoms with E-state index >= 15 is 0 Å². The summed E-state index contributed by atoms with van der Waals surface area (Å²) in [5.41, 5.74) is 1.99. The molecule has 0 spiro atoms. The lowest BCUT2D eigenvalue weighted by molar-refractivity contribution is -0.116. The van der Waals surface area contributed by atoms with Crippen molar-refractivity contribution < 1.29 is 14.3 Å². The smallest absolute Gasteiger partial charge is 0.360 e. The topological polar surface area (TPSA) is 91.0 Å². The van der Waals surface area contributed by atoms with Gasteiger partial charge in [0.15, 0.2) is 5.69 Å². The van der Waals surface area contributed by atoms with Gasteiger partial charge in [0.1, 0.15) is 6.54 Å². The van der Waals surface area contributed by atoms with Crippen LogP contribution in [0.4, 0.5) is 5.69 Å². The van der Waals surface area contributed by atoms with Crippen LogP contribution in [0.3, 0.4) is 0 Å². The molecule has 0 atom stereocenters. The van der Waals surface area contributed by atoms with Crippen molar-refractivity contribution in [2.75, 3.05) is 12.4 Å². The number of methoxy groups -OCH3 is 1. The molecule has 112 valence electrons. The quantitative estimate of drug-likeness (QED) is 0.836. The first-order chi connectivity index (χ1) is 9.93. The number of hydrogen-bond donors (Lipinski definition) is 1. The fourth-order valence-electron chi connectivity index (χ4n) is 1.88. The van der Waals surface area contributed by atoms with Gasteiger partial charge in [-0.1, -0.05) is 0 Å². The highest BCUT2D eigenvalue weighted by Gasteiger charge is 2.22. The van der Waals surface area contributed by atoms with Crippen molar-refractivity contribution in [3.63, 3.8) is 0 Å². The van der Waals surface area contributed by atoms with E-state index in [1.54, 1.807) is 24.9 Å². The van der Waals surface area contributed by atoms with Crippen molar-refractivity contribution in [2.45, 2.75) is 20.4 Å². The van der Waals surface area contributed by atoms with Crippen molar-refractivity contribution in [3.8, 4) is 0 Å². The summed E-state index contributed by atoms with van der Waals surface area (Å²) in [6.45, 7) is 3.68. The average molecular weight is 291 g/mol. The monoisotopic (exact) mass is 291 g/mol. The predicted octanol–water partition coefficient (Wildman–Crippen LogP) is 0.659. The predicted molar refractivity (Wildman–Crippen MR) is 74.9 cm³/mol. The van der Waals surface area contributed by atoms with E-state index in [4.69, 9.17) is 0 Å². The number of nitrogens with zero attached hydrogens (tertiary/aromatic N) is 4. The molecule has 0 unspecified atom stereocenters. The Morgan fingerprint density at radius 2 is 2.10 bits per heavy atom. The maximum absolute atomic E-state index is 12.1. The molecule has 2 aromatic rings. The van der Waals surface area contributed by atoms with Gasteiger partial charge in [-0.3, -0.25) is 14.2 Å². The number of aryl methyl sites for hydroxylation is 2. The molecule has 0 bridgehead atoms. The molecule has 1 N–H and O–H groups in total. The minimum Gasteiger partial charge on any atom is -0.464 e. The third-order valence-electron chi connectivity index (χ3n) is 3.20. The summed E-state index contributed by atoms with van der Waals surface area (Å²) in [5, 5.41) is 10.8. The second kappa shape index (κ2) is 5.78. The van der Waals surface area contributed by atoms with Crippen LogP contribution in [0.1, 0.15) is 21.9 Å². The fourth-order valence-corrected chi connectivity index (χ4v) is 1.88. The third-order valence-corrected chi connectivity index (χ3v) is 3.20. The first-order valence-corrected chi connectivity index (χ1v) is 6.34. The summed E-state index contributed by atoms with van der Waals surface area (Å²) in [7, 11) is 2.96. The molecule has 0 aliphatic rings. The van der Waals surface area contributed by atoms with Gasteiger partial charge in [0.25, 0.3) is 0 Å². The number of rotatable bonds is 4. The molecular weight excluding hydrogens is 274 g/mol. The van der Waals surface area contributed by atoms with E-state index in [2.05, 4.69) is 20.3 Å². The number of anilines is 1. The Bertz CT molecular complexity index is 686. The molecule has 0 saturated carbocycles. The summed E-state index contributed by atoms with van der Waals surface area (Å²) in [5.74, 6) is -0.882. The minimum atomic E-state index is -0.593. The van der Waals surface area contributed by atoms with Crippen molar-refractivity contribution in [1.82, 2.24) is 19.6 Å². The first-order valence-electron chi connectivity index (χ1n) is 6.34. The van der Waals surface area contributed by atoms with Crippen LogP contribution in [0.25, 0.3) is 0 Å².